The van der Waals surface area contributed by atoms with Crippen LogP contribution in [0.3, 0.4) is 0 Å². The van der Waals surface area contributed by atoms with E-state index < -0.39 is 5.92 Å². The summed E-state index contributed by atoms with van der Waals surface area (Å²) in [5.74, 6) is -1.66. The predicted molar refractivity (Wildman–Crippen MR) is 102 cm³/mol. The predicted octanol–water partition coefficient (Wildman–Crippen LogP) is 3.37. The minimum absolute atomic E-state index is 0.0304. The van der Waals surface area contributed by atoms with E-state index in [0.717, 1.165) is 17.8 Å². The van der Waals surface area contributed by atoms with Crippen LogP contribution in [0.25, 0.3) is 17.1 Å². The lowest BCUT2D eigenvalue weighted by atomic mass is 10.1. The minimum atomic E-state index is -2.61. The number of aryl methyl sites for hydroxylation is 1. The van der Waals surface area contributed by atoms with E-state index >= 15 is 0 Å². The smallest absolute Gasteiger partial charge is 0.250 e. The van der Waals surface area contributed by atoms with Gasteiger partial charge in [-0.25, -0.2) is 18.4 Å². The lowest BCUT2D eigenvalue weighted by Gasteiger charge is -2.34. The number of anilines is 1. The summed E-state index contributed by atoms with van der Waals surface area (Å²) in [7, 11) is 0. The van der Waals surface area contributed by atoms with Crippen LogP contribution < -0.4 is 4.90 Å². The quantitative estimate of drug-likeness (QED) is 0.729. The summed E-state index contributed by atoms with van der Waals surface area (Å²) < 4.78 is 29.0. The van der Waals surface area contributed by atoms with Gasteiger partial charge in [-0.1, -0.05) is 0 Å². The molecule has 3 heterocycles. The fourth-order valence-electron chi connectivity index (χ4n) is 4.20. The summed E-state index contributed by atoms with van der Waals surface area (Å²) in [6, 6.07) is 6.71. The van der Waals surface area contributed by atoms with Gasteiger partial charge in [0.2, 0.25) is 5.92 Å². The Labute approximate surface area is 166 Å². The highest BCUT2D eigenvalue weighted by Crippen LogP contribution is 2.40. The molecule has 5 rings (SSSR count). The third-order valence-electron chi connectivity index (χ3n) is 5.63. The fraction of sp³-hybridized carbons (Fsp3) is 0.400. The van der Waals surface area contributed by atoms with Crippen LogP contribution in [0, 0.1) is 0 Å². The molecule has 1 aromatic carbocycles. The average molecular weight is 398 g/mol. The first kappa shape index (κ1) is 18.0. The Morgan fingerprint density at radius 1 is 1.21 bits per heavy atom. The molecule has 1 aliphatic carbocycles. The van der Waals surface area contributed by atoms with Crippen LogP contribution in [-0.2, 0) is 6.42 Å². The van der Waals surface area contributed by atoms with Gasteiger partial charge in [-0.2, -0.15) is 5.10 Å². The zero-order valence-corrected chi connectivity index (χ0v) is 15.7. The van der Waals surface area contributed by atoms with Crippen molar-refractivity contribution in [1.29, 1.82) is 0 Å². The van der Waals surface area contributed by atoms with E-state index in [1.54, 1.807) is 35.3 Å². The van der Waals surface area contributed by atoms with Crippen LogP contribution in [0.5, 0.6) is 5.75 Å². The van der Waals surface area contributed by atoms with Crippen molar-refractivity contribution in [3.63, 3.8) is 0 Å². The number of hydrogen-bond donors (Lipinski definition) is 1. The number of phenols is 1. The van der Waals surface area contributed by atoms with Gasteiger partial charge in [0, 0.05) is 43.9 Å². The normalized spacial score (nSPS) is 20.6. The van der Waals surface area contributed by atoms with Gasteiger partial charge in [-0.15, -0.1) is 10.2 Å². The summed E-state index contributed by atoms with van der Waals surface area (Å²) in [5.41, 5.74) is 1.93. The highest BCUT2D eigenvalue weighted by Gasteiger charge is 2.43. The van der Waals surface area contributed by atoms with Gasteiger partial charge in [0.05, 0.1) is 16.9 Å². The van der Waals surface area contributed by atoms with Crippen molar-refractivity contribution in [2.75, 3.05) is 11.4 Å². The lowest BCUT2D eigenvalue weighted by Crippen LogP contribution is -2.39. The van der Waals surface area contributed by atoms with Crippen LogP contribution in [0.15, 0.2) is 36.7 Å². The highest BCUT2D eigenvalue weighted by atomic mass is 19.3. The van der Waals surface area contributed by atoms with Gasteiger partial charge in [-0.3, -0.25) is 0 Å². The van der Waals surface area contributed by atoms with E-state index in [1.165, 1.54) is 0 Å². The van der Waals surface area contributed by atoms with Crippen LogP contribution in [0.2, 0.25) is 0 Å². The second-order valence-electron chi connectivity index (χ2n) is 7.61. The molecule has 0 radical (unpaired) electrons. The molecule has 0 bridgehead atoms. The van der Waals surface area contributed by atoms with Gasteiger partial charge in [0.15, 0.2) is 11.6 Å². The molecular formula is C20H20F2N6O. The molecule has 1 fully saturated rings. The Hall–Kier alpha value is -3.10. The fourth-order valence-corrected chi connectivity index (χ4v) is 4.20. The maximum Gasteiger partial charge on any atom is 0.250 e. The van der Waals surface area contributed by atoms with Crippen LogP contribution in [-0.4, -0.2) is 48.6 Å². The van der Waals surface area contributed by atoms with Crippen LogP contribution in [0.4, 0.5) is 14.6 Å². The number of fused-ring (bicyclic) bond motifs is 1. The zero-order chi connectivity index (χ0) is 20.0. The van der Waals surface area contributed by atoms with Crippen LogP contribution >= 0.6 is 0 Å². The number of hydrogen-bond acceptors (Lipinski definition) is 6. The molecule has 0 unspecified atom stereocenters. The maximum absolute atomic E-state index is 13.7. The largest absolute Gasteiger partial charge is 0.507 e. The number of rotatable bonds is 3. The number of benzene rings is 1. The first-order chi connectivity index (χ1) is 14.0. The van der Waals surface area contributed by atoms with Gasteiger partial charge in [0.25, 0.3) is 0 Å². The third kappa shape index (κ3) is 3.30. The number of aromatic hydroxyl groups is 1. The van der Waals surface area contributed by atoms with Gasteiger partial charge in [0.1, 0.15) is 5.75 Å². The topological polar surface area (TPSA) is 80.0 Å². The molecule has 150 valence electrons. The molecule has 1 N–H and O–H groups in total. The van der Waals surface area contributed by atoms with Crippen molar-refractivity contribution in [2.24, 2.45) is 0 Å². The Kier molecular flexibility index (Phi) is 4.18. The molecule has 0 amide bonds. The van der Waals surface area contributed by atoms with Crippen molar-refractivity contribution in [3.05, 3.63) is 42.4 Å². The molecule has 1 saturated carbocycles. The van der Waals surface area contributed by atoms with E-state index in [0.29, 0.717) is 36.6 Å². The molecular weight excluding hydrogens is 378 g/mol. The van der Waals surface area contributed by atoms with Crippen molar-refractivity contribution in [2.45, 2.75) is 44.1 Å². The number of phenolic OH excluding ortho intramolecular Hbond substituents is 1. The summed E-state index contributed by atoms with van der Waals surface area (Å²) in [5, 5.41) is 23.2. The number of aromatic nitrogens is 5. The van der Waals surface area contributed by atoms with E-state index in [4.69, 9.17) is 0 Å². The standard InChI is InChI=1S/C20H20F2N6O/c21-20(22)7-6-14(12-20)27-9-1-3-16-19(27)26-25-18(24-16)15-5-4-13(11-17(15)29)28-10-2-8-23-28/h2,4-5,8,10-11,14,29H,1,3,6-7,9,12H2/t14-/m1/s1. The molecule has 0 spiro atoms. The Morgan fingerprint density at radius 2 is 2.10 bits per heavy atom. The minimum Gasteiger partial charge on any atom is -0.507 e. The maximum atomic E-state index is 13.7. The molecule has 2 aliphatic rings. The monoisotopic (exact) mass is 398 g/mol. The third-order valence-corrected chi connectivity index (χ3v) is 5.63. The summed E-state index contributed by atoms with van der Waals surface area (Å²) in [6.07, 6.45) is 5.21. The van der Waals surface area contributed by atoms with Crippen molar-refractivity contribution < 1.29 is 13.9 Å². The molecule has 1 aliphatic heterocycles. The van der Waals surface area contributed by atoms with E-state index in [2.05, 4.69) is 20.3 Å². The molecule has 2 aromatic heterocycles. The molecule has 1 atom stereocenters. The Bertz CT molecular complexity index is 1040. The molecule has 29 heavy (non-hydrogen) atoms. The van der Waals surface area contributed by atoms with Gasteiger partial charge >= 0.3 is 0 Å². The summed E-state index contributed by atoms with van der Waals surface area (Å²) >= 11 is 0. The van der Waals surface area contributed by atoms with E-state index in [-0.39, 0.29) is 24.6 Å². The first-order valence-electron chi connectivity index (χ1n) is 9.72. The highest BCUT2D eigenvalue weighted by molar-refractivity contribution is 5.66. The number of halogens is 2. The SMILES string of the molecule is Oc1cc(-n2cccn2)ccc1-c1nnc2c(n1)CCCN2[C@@H]1CCC(F)(F)C1. The Balaban J connectivity index is 1.45. The summed E-state index contributed by atoms with van der Waals surface area (Å²) in [4.78, 5) is 6.54. The van der Waals surface area contributed by atoms with E-state index in [1.807, 2.05) is 11.0 Å². The number of nitrogens with zero attached hydrogens (tertiary/aromatic N) is 6. The van der Waals surface area contributed by atoms with Crippen LogP contribution in [0.1, 0.15) is 31.4 Å². The Morgan fingerprint density at radius 3 is 2.83 bits per heavy atom. The molecule has 0 saturated heterocycles. The van der Waals surface area contributed by atoms with Crippen molar-refractivity contribution >= 4 is 5.82 Å². The van der Waals surface area contributed by atoms with E-state index in [9.17, 15) is 13.9 Å². The molecule has 3 aromatic rings. The lowest BCUT2D eigenvalue weighted by molar-refractivity contribution is 0.00769. The molecule has 9 heteroatoms. The number of alkyl halides is 2. The molecule has 7 nitrogen and oxygen atoms in total. The van der Waals surface area contributed by atoms with Crippen molar-refractivity contribution in [3.8, 4) is 22.8 Å². The second-order valence-corrected chi connectivity index (χ2v) is 7.61. The average Bonchev–Trinajstić information content (AvgIpc) is 3.36. The van der Waals surface area contributed by atoms with Gasteiger partial charge < -0.3 is 10.0 Å². The second kappa shape index (κ2) is 6.75. The van der Waals surface area contributed by atoms with Crippen molar-refractivity contribution in [1.82, 2.24) is 25.0 Å². The summed E-state index contributed by atoms with van der Waals surface area (Å²) in [6.45, 7) is 0.688. The first-order valence-corrected chi connectivity index (χ1v) is 9.72. The zero-order valence-electron chi connectivity index (χ0n) is 15.7. The van der Waals surface area contributed by atoms with Gasteiger partial charge in [-0.05, 0) is 37.5 Å².